The van der Waals surface area contributed by atoms with E-state index in [1.54, 1.807) is 24.3 Å². The summed E-state index contributed by atoms with van der Waals surface area (Å²) in [6, 6.07) is 8.93. The van der Waals surface area contributed by atoms with Gasteiger partial charge in [0.2, 0.25) is 0 Å². The molecule has 0 aromatic heterocycles. The van der Waals surface area contributed by atoms with Gasteiger partial charge in [0, 0.05) is 30.4 Å². The quantitative estimate of drug-likeness (QED) is 0.773. The van der Waals surface area contributed by atoms with Crippen molar-refractivity contribution in [1.82, 2.24) is 5.32 Å². The Morgan fingerprint density at radius 3 is 2.23 bits per heavy atom. The molecule has 2 aromatic carbocycles. The molecule has 0 spiro atoms. The number of hydrogen-bond donors (Lipinski definition) is 2. The van der Waals surface area contributed by atoms with Crippen molar-refractivity contribution in [3.63, 3.8) is 0 Å². The van der Waals surface area contributed by atoms with Gasteiger partial charge in [-0.3, -0.25) is 9.45 Å². The van der Waals surface area contributed by atoms with E-state index in [-0.39, 0.29) is 16.5 Å². The molecule has 9 heteroatoms. The third-order valence-corrected chi connectivity index (χ3v) is 4.98. The highest BCUT2D eigenvalue weighted by atomic mass is 32.2. The zero-order valence-corrected chi connectivity index (χ0v) is 15.0. The second kappa shape index (κ2) is 6.85. The highest BCUT2D eigenvalue weighted by Crippen LogP contribution is 2.36. The summed E-state index contributed by atoms with van der Waals surface area (Å²) in [5.41, 5.74) is 1.22. The lowest BCUT2D eigenvalue weighted by Crippen LogP contribution is -2.27. The molecule has 138 valence electrons. The van der Waals surface area contributed by atoms with Gasteiger partial charge in [0.1, 0.15) is 16.4 Å². The third kappa shape index (κ3) is 3.44. The molecular formula is C17H18N2O6S. The van der Waals surface area contributed by atoms with Gasteiger partial charge in [0.25, 0.3) is 10.1 Å². The Bertz CT molecular complexity index is 935. The molecule has 0 aliphatic carbocycles. The van der Waals surface area contributed by atoms with Gasteiger partial charge in [-0.15, -0.1) is 0 Å². The molecule has 0 radical (unpaired) electrons. The number of nitrogens with zero attached hydrogens (tertiary/aromatic N) is 1. The van der Waals surface area contributed by atoms with E-state index in [0.717, 1.165) is 0 Å². The van der Waals surface area contributed by atoms with Crippen LogP contribution in [0.1, 0.15) is 0 Å². The predicted octanol–water partition coefficient (Wildman–Crippen LogP) is 2.15. The second-order valence-corrected chi connectivity index (χ2v) is 7.03. The molecule has 3 rings (SSSR count). The maximum atomic E-state index is 11.9. The first-order valence-electron chi connectivity index (χ1n) is 7.74. The summed E-state index contributed by atoms with van der Waals surface area (Å²) in [6.07, 6.45) is 0. The minimum absolute atomic E-state index is 0.238. The van der Waals surface area contributed by atoms with Gasteiger partial charge in [-0.05, 0) is 35.9 Å². The molecule has 2 aromatic rings. The molecule has 1 fully saturated rings. The number of benzene rings is 2. The van der Waals surface area contributed by atoms with E-state index in [4.69, 9.17) is 9.47 Å². The third-order valence-electron chi connectivity index (χ3n) is 4.07. The molecule has 2 N–H and O–H groups in total. The van der Waals surface area contributed by atoms with Crippen LogP contribution in [0.4, 0.5) is 10.5 Å². The fourth-order valence-corrected chi connectivity index (χ4v) is 3.51. The topological polar surface area (TPSA) is 105 Å². The fraction of sp³-hybridized carbons (Fsp3) is 0.235. The summed E-state index contributed by atoms with van der Waals surface area (Å²) in [5, 5.41) is 2.69. The molecule has 0 atom stereocenters. The number of methoxy groups -OCH3 is 2. The van der Waals surface area contributed by atoms with Crippen molar-refractivity contribution in [2.75, 3.05) is 32.2 Å². The van der Waals surface area contributed by atoms with Gasteiger partial charge in [-0.25, -0.2) is 4.79 Å². The predicted molar refractivity (Wildman–Crippen MR) is 95.5 cm³/mol. The van der Waals surface area contributed by atoms with Crippen LogP contribution >= 0.6 is 0 Å². The van der Waals surface area contributed by atoms with Crippen molar-refractivity contribution < 1.29 is 27.2 Å². The lowest BCUT2D eigenvalue weighted by atomic mass is 10.0. The van der Waals surface area contributed by atoms with Gasteiger partial charge < -0.3 is 14.8 Å². The highest BCUT2D eigenvalue weighted by Gasteiger charge is 2.24. The minimum atomic E-state index is -4.48. The van der Waals surface area contributed by atoms with E-state index in [1.807, 2.05) is 0 Å². The molecule has 0 unspecified atom stereocenters. The first-order valence-corrected chi connectivity index (χ1v) is 9.18. The summed E-state index contributed by atoms with van der Waals surface area (Å²) in [6.45, 7) is 0.964. The largest absolute Gasteiger partial charge is 0.497 e. The van der Waals surface area contributed by atoms with E-state index in [9.17, 15) is 17.8 Å². The zero-order chi connectivity index (χ0) is 18.9. The maximum Gasteiger partial charge on any atom is 0.321 e. The van der Waals surface area contributed by atoms with Crippen LogP contribution in [0.3, 0.4) is 0 Å². The van der Waals surface area contributed by atoms with Crippen molar-refractivity contribution in [3.8, 4) is 22.6 Å². The van der Waals surface area contributed by atoms with E-state index >= 15 is 0 Å². The number of anilines is 1. The van der Waals surface area contributed by atoms with Crippen LogP contribution in [-0.4, -0.2) is 46.3 Å². The zero-order valence-electron chi connectivity index (χ0n) is 14.2. The molecule has 8 nitrogen and oxygen atoms in total. The van der Waals surface area contributed by atoms with Crippen LogP contribution in [0.15, 0.2) is 41.3 Å². The molecule has 1 heterocycles. The average molecular weight is 378 g/mol. The monoisotopic (exact) mass is 378 g/mol. The molecule has 1 saturated heterocycles. The van der Waals surface area contributed by atoms with Gasteiger partial charge in [-0.1, -0.05) is 0 Å². The van der Waals surface area contributed by atoms with Crippen LogP contribution in [0.25, 0.3) is 11.1 Å². The van der Waals surface area contributed by atoms with Crippen molar-refractivity contribution in [2.24, 2.45) is 0 Å². The van der Waals surface area contributed by atoms with Gasteiger partial charge in [0.15, 0.2) is 0 Å². The molecule has 0 bridgehead atoms. The van der Waals surface area contributed by atoms with Crippen LogP contribution in [0.5, 0.6) is 11.5 Å². The number of nitrogens with one attached hydrogen (secondary N) is 1. The van der Waals surface area contributed by atoms with Crippen molar-refractivity contribution in [3.05, 3.63) is 36.4 Å². The van der Waals surface area contributed by atoms with Crippen LogP contribution < -0.4 is 19.7 Å². The van der Waals surface area contributed by atoms with Gasteiger partial charge in [-0.2, -0.15) is 8.42 Å². The summed E-state index contributed by atoms with van der Waals surface area (Å²) in [4.78, 5) is 13.1. The van der Waals surface area contributed by atoms with Crippen molar-refractivity contribution in [2.45, 2.75) is 4.90 Å². The normalized spacial score (nSPS) is 14.3. The summed E-state index contributed by atoms with van der Waals surface area (Å²) in [5.74, 6) is 0.926. The number of carbonyl (C=O) groups excluding carboxylic acids is 1. The molecule has 1 aliphatic rings. The Morgan fingerprint density at radius 1 is 1.08 bits per heavy atom. The van der Waals surface area contributed by atoms with Gasteiger partial charge >= 0.3 is 6.03 Å². The van der Waals surface area contributed by atoms with Crippen molar-refractivity contribution >= 4 is 21.8 Å². The van der Waals surface area contributed by atoms with E-state index < -0.39 is 10.1 Å². The number of carbonyl (C=O) groups is 1. The molecule has 1 aliphatic heterocycles. The summed E-state index contributed by atoms with van der Waals surface area (Å²) >= 11 is 0. The summed E-state index contributed by atoms with van der Waals surface area (Å²) in [7, 11) is -1.52. The minimum Gasteiger partial charge on any atom is -0.497 e. The molecule has 2 amide bonds. The molecular weight excluding hydrogens is 360 g/mol. The van der Waals surface area contributed by atoms with E-state index in [2.05, 4.69) is 5.32 Å². The smallest absolute Gasteiger partial charge is 0.321 e. The van der Waals surface area contributed by atoms with E-state index in [1.165, 1.54) is 31.3 Å². The Morgan fingerprint density at radius 2 is 1.73 bits per heavy atom. The number of urea groups is 1. The highest BCUT2D eigenvalue weighted by molar-refractivity contribution is 7.86. The molecule has 26 heavy (non-hydrogen) atoms. The number of ether oxygens (including phenoxy) is 2. The summed E-state index contributed by atoms with van der Waals surface area (Å²) < 4.78 is 43.7. The first kappa shape index (κ1) is 18.0. The Balaban J connectivity index is 2.22. The Labute approximate surface area is 151 Å². The van der Waals surface area contributed by atoms with E-state index in [0.29, 0.717) is 35.8 Å². The number of hydrogen-bond acceptors (Lipinski definition) is 5. The fourth-order valence-electron chi connectivity index (χ4n) is 2.82. The SMILES string of the molecule is COc1cc(OC)cc(-c2cc(N3CCNC3=O)ccc2S(=O)(=O)O)c1. The Kier molecular flexibility index (Phi) is 4.75. The van der Waals surface area contributed by atoms with Crippen LogP contribution in [0, 0.1) is 0 Å². The standard InChI is InChI=1S/C17H18N2O6S/c1-24-13-7-11(8-14(10-13)25-2)15-9-12(19-6-5-18-17(19)20)3-4-16(15)26(21,22)23/h3-4,7-10H,5-6H2,1-2H3,(H,18,20)(H,21,22,23). The van der Waals surface area contributed by atoms with Gasteiger partial charge in [0.05, 0.1) is 14.2 Å². The number of rotatable bonds is 5. The van der Waals surface area contributed by atoms with Crippen molar-refractivity contribution in [1.29, 1.82) is 0 Å². The lowest BCUT2D eigenvalue weighted by Gasteiger charge is -2.17. The van der Waals surface area contributed by atoms with Crippen LogP contribution in [0.2, 0.25) is 0 Å². The lowest BCUT2D eigenvalue weighted by molar-refractivity contribution is 0.252. The number of amides is 2. The maximum absolute atomic E-state index is 11.9. The average Bonchev–Trinajstić information content (AvgIpc) is 3.05. The Hall–Kier alpha value is -2.78. The molecule has 0 saturated carbocycles. The first-order chi connectivity index (χ1) is 12.3. The second-order valence-electron chi connectivity index (χ2n) is 5.64. The van der Waals surface area contributed by atoms with Crippen LogP contribution in [-0.2, 0) is 10.1 Å².